The molecule has 0 radical (unpaired) electrons. The second-order valence-electron chi connectivity index (χ2n) is 7.74. The van der Waals surface area contributed by atoms with Gasteiger partial charge in [0.1, 0.15) is 4.83 Å². The number of pyridine rings is 1. The van der Waals surface area contributed by atoms with Gasteiger partial charge in [-0.25, -0.2) is 9.78 Å². The molecule has 0 saturated carbocycles. The number of para-hydroxylation sites is 1. The molecule has 3 aromatic heterocycles. The molecular weight excluding hydrogens is 398 g/mol. The Balaban J connectivity index is 1.54. The lowest BCUT2D eigenvalue weighted by molar-refractivity contribution is 0.0321. The number of ether oxygens (including phenoxy) is 1. The maximum atomic E-state index is 13.2. The van der Waals surface area contributed by atoms with Gasteiger partial charge < -0.3 is 9.72 Å². The number of benzene rings is 1. The fourth-order valence-corrected chi connectivity index (χ4v) is 5.22. The number of H-pyrrole nitrogens is 1. The van der Waals surface area contributed by atoms with E-state index in [9.17, 15) is 9.59 Å². The van der Waals surface area contributed by atoms with E-state index in [-0.39, 0.29) is 5.56 Å². The Labute approximate surface area is 177 Å². The molecule has 152 valence electrons. The predicted molar refractivity (Wildman–Crippen MR) is 117 cm³/mol. The van der Waals surface area contributed by atoms with Gasteiger partial charge >= 0.3 is 5.97 Å². The first-order valence-electron chi connectivity index (χ1n) is 10.1. The van der Waals surface area contributed by atoms with Gasteiger partial charge in [-0.15, -0.1) is 11.3 Å². The van der Waals surface area contributed by atoms with Crippen molar-refractivity contribution in [2.45, 2.75) is 46.1 Å². The molecule has 1 aromatic carbocycles. The molecule has 0 saturated heterocycles. The Morgan fingerprint density at radius 3 is 2.83 bits per heavy atom. The van der Waals surface area contributed by atoms with Crippen molar-refractivity contribution in [3.05, 3.63) is 67.7 Å². The smallest absolute Gasteiger partial charge is 0.339 e. The average Bonchev–Trinajstić information content (AvgIpc) is 3.29. The second kappa shape index (κ2) is 7.02. The number of aromatic amines is 1. The van der Waals surface area contributed by atoms with Gasteiger partial charge in [0.25, 0.3) is 5.56 Å². The Bertz CT molecular complexity index is 1390. The SMILES string of the molecule is Cc1sc2nc([C@@H](C)OC(=O)c3c4c(nc5ccccc35)CCC4)[nH]c(=O)c2c1C. The van der Waals surface area contributed by atoms with E-state index in [2.05, 4.69) is 9.97 Å². The van der Waals surface area contributed by atoms with Crippen LogP contribution < -0.4 is 5.56 Å². The number of thiophene rings is 1. The molecule has 0 fully saturated rings. The number of esters is 1. The van der Waals surface area contributed by atoms with Gasteiger partial charge in [-0.2, -0.15) is 0 Å². The number of aromatic nitrogens is 3. The van der Waals surface area contributed by atoms with Gasteiger partial charge in [-0.05, 0) is 57.2 Å². The van der Waals surface area contributed by atoms with Crippen molar-refractivity contribution < 1.29 is 9.53 Å². The van der Waals surface area contributed by atoms with Crippen molar-refractivity contribution in [1.82, 2.24) is 15.0 Å². The minimum absolute atomic E-state index is 0.199. The second-order valence-corrected chi connectivity index (χ2v) is 8.95. The lowest BCUT2D eigenvalue weighted by atomic mass is 10.0. The highest BCUT2D eigenvalue weighted by Gasteiger charge is 2.27. The zero-order valence-electron chi connectivity index (χ0n) is 17.0. The van der Waals surface area contributed by atoms with Crippen molar-refractivity contribution >= 4 is 38.4 Å². The maximum absolute atomic E-state index is 13.2. The van der Waals surface area contributed by atoms with Crippen LogP contribution in [-0.2, 0) is 17.6 Å². The van der Waals surface area contributed by atoms with E-state index < -0.39 is 12.1 Å². The lowest BCUT2D eigenvalue weighted by Gasteiger charge is -2.16. The number of hydrogen-bond donors (Lipinski definition) is 1. The minimum atomic E-state index is -0.679. The molecule has 1 aliphatic carbocycles. The molecule has 3 heterocycles. The summed E-state index contributed by atoms with van der Waals surface area (Å²) < 4.78 is 5.80. The third-order valence-corrected chi connectivity index (χ3v) is 6.95. The van der Waals surface area contributed by atoms with Gasteiger partial charge in [0.2, 0.25) is 0 Å². The number of nitrogens with zero attached hydrogens (tertiary/aromatic N) is 2. The largest absolute Gasteiger partial charge is 0.451 e. The number of carbonyl (C=O) groups excluding carboxylic acids is 1. The number of fused-ring (bicyclic) bond motifs is 3. The summed E-state index contributed by atoms with van der Waals surface area (Å²) in [4.78, 5) is 39.7. The van der Waals surface area contributed by atoms with E-state index in [0.29, 0.717) is 21.6 Å². The van der Waals surface area contributed by atoms with Crippen LogP contribution in [0, 0.1) is 13.8 Å². The summed E-state index contributed by atoms with van der Waals surface area (Å²) in [5, 5.41) is 1.41. The molecule has 7 heteroatoms. The van der Waals surface area contributed by atoms with E-state index in [0.717, 1.165) is 51.9 Å². The molecule has 1 atom stereocenters. The summed E-state index contributed by atoms with van der Waals surface area (Å²) >= 11 is 1.48. The molecule has 6 nitrogen and oxygen atoms in total. The number of carbonyl (C=O) groups is 1. The molecule has 0 spiro atoms. The Morgan fingerprint density at radius 1 is 1.20 bits per heavy atom. The van der Waals surface area contributed by atoms with Crippen molar-refractivity contribution in [2.75, 3.05) is 0 Å². The van der Waals surface area contributed by atoms with Crippen molar-refractivity contribution in [2.24, 2.45) is 0 Å². The molecule has 0 bridgehead atoms. The highest BCUT2D eigenvalue weighted by atomic mass is 32.1. The van der Waals surface area contributed by atoms with E-state index in [4.69, 9.17) is 9.72 Å². The van der Waals surface area contributed by atoms with Crippen LogP contribution in [0.5, 0.6) is 0 Å². The summed E-state index contributed by atoms with van der Waals surface area (Å²) in [5.41, 5.74) is 4.09. The van der Waals surface area contributed by atoms with Crippen molar-refractivity contribution in [1.29, 1.82) is 0 Å². The third-order valence-electron chi connectivity index (χ3n) is 5.85. The Kier molecular flexibility index (Phi) is 4.43. The predicted octanol–water partition coefficient (Wildman–Crippen LogP) is 4.56. The normalized spacial score (nSPS) is 14.2. The van der Waals surface area contributed by atoms with Crippen LogP contribution in [0.25, 0.3) is 21.1 Å². The number of aryl methyl sites for hydroxylation is 3. The van der Waals surface area contributed by atoms with Crippen LogP contribution in [0.2, 0.25) is 0 Å². The molecule has 30 heavy (non-hydrogen) atoms. The molecule has 0 unspecified atom stereocenters. The molecule has 5 rings (SSSR count). The summed E-state index contributed by atoms with van der Waals surface area (Å²) in [6, 6.07) is 7.65. The number of rotatable bonds is 3. The topological polar surface area (TPSA) is 84.9 Å². The van der Waals surface area contributed by atoms with Crippen molar-refractivity contribution in [3.63, 3.8) is 0 Å². The number of nitrogens with one attached hydrogen (secondary N) is 1. The summed E-state index contributed by atoms with van der Waals surface area (Å²) in [6.45, 7) is 5.63. The summed E-state index contributed by atoms with van der Waals surface area (Å²) in [6.07, 6.45) is 2.00. The number of hydrogen-bond acceptors (Lipinski definition) is 6. The van der Waals surface area contributed by atoms with E-state index in [1.165, 1.54) is 11.3 Å². The standard InChI is InChI=1S/C23H21N3O3S/c1-11-13(3)30-22-18(11)21(27)25-20(26-22)12(2)29-23(28)19-14-7-4-5-9-16(14)24-17-10-6-8-15(17)19/h4-5,7,9,12H,6,8,10H2,1-3H3,(H,25,26,27)/t12-/m1/s1. The van der Waals surface area contributed by atoms with E-state index >= 15 is 0 Å². The fourth-order valence-electron chi connectivity index (χ4n) is 4.18. The average molecular weight is 420 g/mol. The van der Waals surface area contributed by atoms with Crippen LogP contribution >= 0.6 is 11.3 Å². The van der Waals surface area contributed by atoms with Gasteiger partial charge in [-0.3, -0.25) is 9.78 Å². The van der Waals surface area contributed by atoms with Crippen LogP contribution in [0.3, 0.4) is 0 Å². The van der Waals surface area contributed by atoms with Crippen LogP contribution in [0.1, 0.15) is 57.3 Å². The first-order valence-corrected chi connectivity index (χ1v) is 10.9. The third kappa shape index (κ3) is 2.92. The Morgan fingerprint density at radius 2 is 2.00 bits per heavy atom. The first-order chi connectivity index (χ1) is 14.4. The van der Waals surface area contributed by atoms with Gasteiger partial charge in [0.15, 0.2) is 11.9 Å². The molecule has 1 N–H and O–H groups in total. The molecular formula is C23H21N3O3S. The first kappa shape index (κ1) is 18.9. The van der Waals surface area contributed by atoms with E-state index in [1.54, 1.807) is 6.92 Å². The highest BCUT2D eigenvalue weighted by Crippen LogP contribution is 2.32. The minimum Gasteiger partial charge on any atom is -0.451 e. The van der Waals surface area contributed by atoms with Gasteiger partial charge in [0.05, 0.1) is 16.5 Å². The fraction of sp³-hybridized carbons (Fsp3) is 0.304. The zero-order chi connectivity index (χ0) is 21.0. The molecule has 0 amide bonds. The van der Waals surface area contributed by atoms with Crippen molar-refractivity contribution in [3.8, 4) is 0 Å². The molecule has 1 aliphatic rings. The van der Waals surface area contributed by atoms with Crippen LogP contribution in [0.4, 0.5) is 0 Å². The van der Waals surface area contributed by atoms with Gasteiger partial charge in [-0.1, -0.05) is 18.2 Å². The zero-order valence-corrected chi connectivity index (χ0v) is 17.9. The maximum Gasteiger partial charge on any atom is 0.339 e. The van der Waals surface area contributed by atoms with Gasteiger partial charge in [0, 0.05) is 16.0 Å². The summed E-state index contributed by atoms with van der Waals surface area (Å²) in [5.74, 6) is -0.0438. The monoisotopic (exact) mass is 419 g/mol. The molecule has 0 aliphatic heterocycles. The lowest BCUT2D eigenvalue weighted by Crippen LogP contribution is -2.18. The summed E-state index contributed by atoms with van der Waals surface area (Å²) in [7, 11) is 0. The highest BCUT2D eigenvalue weighted by molar-refractivity contribution is 7.18. The van der Waals surface area contributed by atoms with Crippen LogP contribution in [-0.4, -0.2) is 20.9 Å². The molecule has 4 aromatic rings. The quantitative estimate of drug-likeness (QED) is 0.492. The van der Waals surface area contributed by atoms with E-state index in [1.807, 2.05) is 38.1 Å². The Hall–Kier alpha value is -3.06. The van der Waals surface area contributed by atoms with Crippen LogP contribution in [0.15, 0.2) is 29.1 Å².